The molecule has 32 heavy (non-hydrogen) atoms. The Kier molecular flexibility index (Phi) is 4.87. The number of allylic oxidation sites excluding steroid dienone is 4. The molecule has 3 unspecified atom stereocenters. The van der Waals surface area contributed by atoms with Gasteiger partial charge in [-0.3, -0.25) is 14.4 Å². The number of benzene rings is 1. The molecule has 1 aromatic carbocycles. The Balaban J connectivity index is 1.86. The van der Waals surface area contributed by atoms with Gasteiger partial charge in [0.1, 0.15) is 45.5 Å². The number of aromatic hydroxyl groups is 2. The van der Waals surface area contributed by atoms with E-state index < -0.39 is 50.5 Å². The van der Waals surface area contributed by atoms with Crippen LogP contribution in [0, 0.1) is 6.92 Å². The smallest absolute Gasteiger partial charge is 0.194 e. The molecule has 2 aliphatic heterocycles. The summed E-state index contributed by atoms with van der Waals surface area (Å²) in [6.07, 6.45) is 1.49. The molecule has 1 aliphatic carbocycles. The Labute approximate surface area is 185 Å². The second-order valence-corrected chi connectivity index (χ2v) is 10.9. The minimum atomic E-state index is -3.17. The number of sulfone groups is 1. The zero-order valence-corrected chi connectivity index (χ0v) is 18.8. The molecule has 0 saturated carbocycles. The summed E-state index contributed by atoms with van der Waals surface area (Å²) in [5.74, 6) is -2.93. The highest BCUT2D eigenvalue weighted by Crippen LogP contribution is 2.57. The van der Waals surface area contributed by atoms with Crippen LogP contribution in [-0.4, -0.2) is 49.7 Å². The highest BCUT2D eigenvalue weighted by molar-refractivity contribution is 7.97. The van der Waals surface area contributed by atoms with Crippen molar-refractivity contribution < 1.29 is 38.1 Å². The van der Waals surface area contributed by atoms with Gasteiger partial charge in [-0.15, -0.1) is 4.21 Å². The van der Waals surface area contributed by atoms with E-state index in [4.69, 9.17) is 4.74 Å². The topological polar surface area (TPSA) is 153 Å². The molecule has 3 aliphatic rings. The number of rotatable bonds is 3. The average molecular weight is 461 g/mol. The molecule has 0 spiro atoms. The maximum atomic E-state index is 13.7. The number of nitrogens with one attached hydrogen (secondary N) is 1. The van der Waals surface area contributed by atoms with Gasteiger partial charge in [0.05, 0.1) is 17.2 Å². The number of Topliss-reactive ketones (excluding diaryl/α,β-unsaturated/α-hetero) is 2. The van der Waals surface area contributed by atoms with Crippen LogP contribution < -0.4 is 10.1 Å². The zero-order chi connectivity index (χ0) is 23.7. The number of hydrogen-bond donors (Lipinski definition) is 3. The van der Waals surface area contributed by atoms with E-state index >= 15 is 0 Å². The van der Waals surface area contributed by atoms with E-state index in [-0.39, 0.29) is 51.0 Å². The Bertz CT molecular complexity index is 1230. The van der Waals surface area contributed by atoms with Crippen molar-refractivity contribution in [3.63, 3.8) is 0 Å². The highest BCUT2D eigenvalue weighted by Gasteiger charge is 2.56. The lowest BCUT2D eigenvalue weighted by atomic mass is 9.70. The lowest BCUT2D eigenvalue weighted by Gasteiger charge is -2.29. The van der Waals surface area contributed by atoms with E-state index in [9.17, 15) is 33.4 Å². The number of carbonyl (C=O) groups excluding carboxylic acids is 3. The number of phenolic OH excluding ortho intramolecular Hbond substituents is 2. The van der Waals surface area contributed by atoms with Gasteiger partial charge in [0.15, 0.2) is 17.3 Å². The molecule has 170 valence electrons. The second kappa shape index (κ2) is 7.01. The van der Waals surface area contributed by atoms with Crippen molar-refractivity contribution >= 4 is 27.6 Å². The summed E-state index contributed by atoms with van der Waals surface area (Å²) < 4.78 is 29.2. The van der Waals surface area contributed by atoms with E-state index in [0.29, 0.717) is 6.42 Å². The van der Waals surface area contributed by atoms with Gasteiger partial charge >= 0.3 is 0 Å². The molecule has 3 N–H and O–H groups in total. The first kappa shape index (κ1) is 22.2. The normalized spacial score (nSPS) is 30.4. The minimum absolute atomic E-state index is 0.00972. The Morgan fingerprint density at radius 3 is 2.50 bits per heavy atom. The second-order valence-electron chi connectivity index (χ2n) is 8.63. The lowest BCUT2D eigenvalue weighted by molar-refractivity contribution is -0.123. The fraction of sp³-hybridized carbons (Fsp3) is 0.409. The van der Waals surface area contributed by atoms with E-state index in [2.05, 4.69) is 5.32 Å². The van der Waals surface area contributed by atoms with Crippen LogP contribution in [-0.2, 0) is 29.4 Å². The largest absolute Gasteiger partial charge is 0.615 e. The van der Waals surface area contributed by atoms with Crippen LogP contribution in [0.25, 0.3) is 0 Å². The van der Waals surface area contributed by atoms with Crippen LogP contribution >= 0.6 is 0 Å². The number of ether oxygens (including phenoxy) is 1. The van der Waals surface area contributed by atoms with E-state index in [0.717, 1.165) is 6.08 Å². The first-order chi connectivity index (χ1) is 14.8. The van der Waals surface area contributed by atoms with Crippen LogP contribution in [0.5, 0.6) is 17.2 Å². The summed E-state index contributed by atoms with van der Waals surface area (Å²) in [5, 5.41) is 24.2. The number of phenols is 2. The van der Waals surface area contributed by atoms with Gasteiger partial charge in [-0.05, 0) is 27.7 Å². The summed E-state index contributed by atoms with van der Waals surface area (Å²) in [5.41, 5.74) is -1.70. The summed E-state index contributed by atoms with van der Waals surface area (Å²) in [6.45, 7) is 5.63. The molecule has 0 aromatic heterocycles. The molecule has 0 radical (unpaired) electrons. The van der Waals surface area contributed by atoms with Gasteiger partial charge in [-0.2, -0.15) is 0 Å². The number of hydrogen-bond acceptors (Lipinski definition) is 9. The molecule has 2 heterocycles. The first-order valence-corrected chi connectivity index (χ1v) is 11.9. The van der Waals surface area contributed by atoms with Crippen LogP contribution in [0.4, 0.5) is 0 Å². The standard InChI is InChI=1S/C22H23NO8S/c1-9-18(26)16(11(3)24)20-17(19(9)27)22(4)14(31-20)7-13(25)15(21(22)28)10(2)23-12-5-6-32(29,30)8-12/h7,12H,5-6,8H2,1-4H3,(H3-,23,24,25,26,27,28,29,30). The third kappa shape index (κ3) is 3.01. The molecule has 1 saturated heterocycles. The Morgan fingerprint density at radius 1 is 1.28 bits per heavy atom. The van der Waals surface area contributed by atoms with Gasteiger partial charge in [0.25, 0.3) is 0 Å². The number of carbonyl (C=O) groups is 3. The molecule has 3 atom stereocenters. The summed E-state index contributed by atoms with van der Waals surface area (Å²) in [6, 6.07) is -0.421. The third-order valence-electron chi connectivity index (χ3n) is 6.41. The van der Waals surface area contributed by atoms with Crippen LogP contribution in [0.3, 0.4) is 0 Å². The maximum Gasteiger partial charge on any atom is 0.194 e. The van der Waals surface area contributed by atoms with Crippen LogP contribution in [0.2, 0.25) is 0 Å². The predicted molar refractivity (Wildman–Crippen MR) is 113 cm³/mol. The monoisotopic (exact) mass is 461 g/mol. The van der Waals surface area contributed by atoms with Crippen LogP contribution in [0.1, 0.15) is 48.7 Å². The fourth-order valence-electron chi connectivity index (χ4n) is 4.65. The van der Waals surface area contributed by atoms with Gasteiger partial charge in [-0.1, -0.05) is 0 Å². The number of ketones is 3. The van der Waals surface area contributed by atoms with Crippen molar-refractivity contribution in [2.45, 2.75) is 45.6 Å². The van der Waals surface area contributed by atoms with E-state index in [1.807, 2.05) is 0 Å². The van der Waals surface area contributed by atoms with Crippen molar-refractivity contribution in [3.8, 4) is 17.2 Å². The van der Waals surface area contributed by atoms with Crippen molar-refractivity contribution in [1.82, 2.24) is 5.32 Å². The van der Waals surface area contributed by atoms with Crippen molar-refractivity contribution in [2.75, 3.05) is 11.5 Å². The molecular weight excluding hydrogens is 438 g/mol. The van der Waals surface area contributed by atoms with Crippen molar-refractivity contribution in [3.05, 3.63) is 39.8 Å². The molecule has 0 amide bonds. The van der Waals surface area contributed by atoms with Gasteiger partial charge in [0.2, 0.25) is 0 Å². The molecule has 1 aromatic rings. The van der Waals surface area contributed by atoms with Crippen LogP contribution in [0.15, 0.2) is 23.1 Å². The Hall–Kier alpha value is -2.98. The zero-order valence-electron chi connectivity index (χ0n) is 18.0. The van der Waals surface area contributed by atoms with Crippen molar-refractivity contribution in [1.29, 1.82) is 0 Å². The Morgan fingerprint density at radius 2 is 1.94 bits per heavy atom. The van der Waals surface area contributed by atoms with Gasteiger partial charge in [0, 0.05) is 34.0 Å². The molecule has 4 rings (SSSR count). The van der Waals surface area contributed by atoms with E-state index in [1.165, 1.54) is 27.7 Å². The third-order valence-corrected chi connectivity index (χ3v) is 8.18. The lowest BCUT2D eigenvalue weighted by Crippen LogP contribution is -2.42. The SMILES string of the molecule is CC(=O)c1c(O)c(C)c(O)c2c1OC1=CC(=O)/C(=C(/C)NC3CC[S+](=O)([O-])C3)C(=O)C12C. The summed E-state index contributed by atoms with van der Waals surface area (Å²) in [4.78, 5) is 38.7. The fourth-order valence-corrected chi connectivity index (χ4v) is 6.32. The molecule has 10 heteroatoms. The number of fused-ring (bicyclic) bond motifs is 3. The average Bonchev–Trinajstić information content (AvgIpc) is 3.16. The molecular formula is C22H23NO8S. The van der Waals surface area contributed by atoms with Gasteiger partial charge < -0.3 is 24.8 Å². The maximum absolute atomic E-state index is 13.7. The minimum Gasteiger partial charge on any atom is -0.615 e. The first-order valence-electron chi connectivity index (χ1n) is 10.1. The molecule has 0 bridgehead atoms. The highest BCUT2D eigenvalue weighted by atomic mass is 32.3. The molecule has 9 nitrogen and oxygen atoms in total. The quantitative estimate of drug-likeness (QED) is 0.263. The summed E-state index contributed by atoms with van der Waals surface area (Å²) in [7, 11) is -3.17. The summed E-state index contributed by atoms with van der Waals surface area (Å²) >= 11 is 0. The van der Waals surface area contributed by atoms with Crippen molar-refractivity contribution in [2.24, 2.45) is 0 Å². The van der Waals surface area contributed by atoms with E-state index in [1.54, 1.807) is 0 Å². The molecule has 1 fully saturated rings. The van der Waals surface area contributed by atoms with Gasteiger partial charge in [-0.25, -0.2) is 0 Å². The predicted octanol–water partition coefficient (Wildman–Crippen LogP) is 1.56.